The smallest absolute Gasteiger partial charge is 0.245 e. The number of hydrogen-bond acceptors (Lipinski definition) is 3. The molecule has 1 atom stereocenters. The Morgan fingerprint density at radius 2 is 1.79 bits per heavy atom. The molecule has 2 rings (SSSR count). The number of carbonyl (C=O) groups excluding carboxylic acids is 3. The Bertz CT molecular complexity index is 382. The molecule has 0 spiro atoms. The first kappa shape index (κ1) is 14.0. The summed E-state index contributed by atoms with van der Waals surface area (Å²) in [5.41, 5.74) is 0. The zero-order chi connectivity index (χ0) is 14.0. The SMILES string of the molecule is CC(C)C(=O)N1CCCC1C(=O)N1CCC(=O)CC1. The summed E-state index contributed by atoms with van der Waals surface area (Å²) in [7, 11) is 0. The zero-order valence-corrected chi connectivity index (χ0v) is 11.7. The minimum absolute atomic E-state index is 0.0269. The van der Waals surface area contributed by atoms with E-state index in [1.165, 1.54) is 0 Å². The van der Waals surface area contributed by atoms with Crippen molar-refractivity contribution in [3.63, 3.8) is 0 Å². The van der Waals surface area contributed by atoms with Crippen molar-refractivity contribution in [2.75, 3.05) is 19.6 Å². The van der Waals surface area contributed by atoms with Crippen LogP contribution >= 0.6 is 0 Å². The van der Waals surface area contributed by atoms with Crippen LogP contribution in [0.15, 0.2) is 0 Å². The quantitative estimate of drug-likeness (QED) is 0.743. The largest absolute Gasteiger partial charge is 0.340 e. The van der Waals surface area contributed by atoms with Crippen LogP contribution in [0.25, 0.3) is 0 Å². The predicted molar refractivity (Wildman–Crippen MR) is 70.4 cm³/mol. The highest BCUT2D eigenvalue weighted by atomic mass is 16.2. The summed E-state index contributed by atoms with van der Waals surface area (Å²) in [5.74, 6) is 0.241. The van der Waals surface area contributed by atoms with Gasteiger partial charge in [0.1, 0.15) is 11.8 Å². The van der Waals surface area contributed by atoms with E-state index in [1.54, 1.807) is 9.80 Å². The normalized spacial score (nSPS) is 24.2. The number of amides is 2. The van der Waals surface area contributed by atoms with Gasteiger partial charge in [-0.25, -0.2) is 0 Å². The molecule has 19 heavy (non-hydrogen) atoms. The lowest BCUT2D eigenvalue weighted by Crippen LogP contribution is -2.50. The van der Waals surface area contributed by atoms with Crippen LogP contribution in [0.4, 0.5) is 0 Å². The third-order valence-electron chi connectivity index (χ3n) is 3.95. The fourth-order valence-electron chi connectivity index (χ4n) is 2.81. The van der Waals surface area contributed by atoms with Gasteiger partial charge in [-0.3, -0.25) is 14.4 Å². The second-order valence-corrected chi connectivity index (χ2v) is 5.71. The molecule has 106 valence electrons. The van der Waals surface area contributed by atoms with Gasteiger partial charge in [0, 0.05) is 38.4 Å². The maximum atomic E-state index is 12.5. The number of likely N-dealkylation sites (tertiary alicyclic amines) is 2. The molecule has 1 unspecified atom stereocenters. The summed E-state index contributed by atoms with van der Waals surface area (Å²) in [6.07, 6.45) is 2.55. The van der Waals surface area contributed by atoms with Crippen molar-refractivity contribution in [1.29, 1.82) is 0 Å². The molecular formula is C14H22N2O3. The number of rotatable bonds is 2. The minimum atomic E-state index is -0.303. The molecule has 2 heterocycles. The van der Waals surface area contributed by atoms with Gasteiger partial charge in [-0.2, -0.15) is 0 Å². The van der Waals surface area contributed by atoms with Gasteiger partial charge < -0.3 is 9.80 Å². The number of carbonyl (C=O) groups is 3. The predicted octanol–water partition coefficient (Wildman–Crippen LogP) is 0.825. The molecule has 2 aliphatic rings. The second kappa shape index (κ2) is 5.72. The van der Waals surface area contributed by atoms with Crippen molar-refractivity contribution in [2.45, 2.75) is 45.6 Å². The molecule has 5 heteroatoms. The molecule has 0 bridgehead atoms. The van der Waals surface area contributed by atoms with E-state index >= 15 is 0 Å². The second-order valence-electron chi connectivity index (χ2n) is 5.71. The molecule has 0 aromatic rings. The van der Waals surface area contributed by atoms with E-state index < -0.39 is 0 Å². The molecule has 0 radical (unpaired) electrons. The van der Waals surface area contributed by atoms with E-state index in [9.17, 15) is 14.4 Å². The highest BCUT2D eigenvalue weighted by molar-refractivity contribution is 5.90. The topological polar surface area (TPSA) is 57.7 Å². The Hall–Kier alpha value is -1.39. The van der Waals surface area contributed by atoms with Crippen molar-refractivity contribution in [1.82, 2.24) is 9.80 Å². The summed E-state index contributed by atoms with van der Waals surface area (Å²) in [5, 5.41) is 0. The molecule has 2 amide bonds. The fourth-order valence-corrected chi connectivity index (χ4v) is 2.81. The summed E-state index contributed by atoms with van der Waals surface area (Å²) in [6.45, 7) is 5.43. The number of nitrogens with zero attached hydrogens (tertiary/aromatic N) is 2. The van der Waals surface area contributed by atoms with Gasteiger partial charge in [-0.1, -0.05) is 13.8 Å². The van der Waals surface area contributed by atoms with E-state index in [4.69, 9.17) is 0 Å². The maximum absolute atomic E-state index is 12.5. The molecule has 0 aliphatic carbocycles. The van der Waals surface area contributed by atoms with Crippen molar-refractivity contribution >= 4 is 17.6 Å². The van der Waals surface area contributed by atoms with Gasteiger partial charge in [0.25, 0.3) is 0 Å². The average Bonchev–Trinajstić information content (AvgIpc) is 2.86. The van der Waals surface area contributed by atoms with Crippen LogP contribution in [0.3, 0.4) is 0 Å². The van der Waals surface area contributed by atoms with Crippen LogP contribution < -0.4 is 0 Å². The lowest BCUT2D eigenvalue weighted by molar-refractivity contribution is -0.146. The standard InChI is InChI=1S/C14H22N2O3/c1-10(2)13(18)16-7-3-4-12(16)14(19)15-8-5-11(17)6-9-15/h10,12H,3-9H2,1-2H3. The number of hydrogen-bond donors (Lipinski definition) is 0. The fraction of sp³-hybridized carbons (Fsp3) is 0.786. The lowest BCUT2D eigenvalue weighted by atomic mass is 10.1. The first-order valence-corrected chi connectivity index (χ1v) is 7.11. The van der Waals surface area contributed by atoms with Crippen molar-refractivity contribution in [3.8, 4) is 0 Å². The molecule has 0 aromatic heterocycles. The molecule has 2 saturated heterocycles. The average molecular weight is 266 g/mol. The van der Waals surface area contributed by atoms with Crippen LogP contribution in [-0.2, 0) is 14.4 Å². The third kappa shape index (κ3) is 2.96. The number of Topliss-reactive ketones (excluding diaryl/α,β-unsaturated/α-hetero) is 1. The molecule has 0 aromatic carbocycles. The Morgan fingerprint density at radius 3 is 2.37 bits per heavy atom. The Morgan fingerprint density at radius 1 is 1.16 bits per heavy atom. The summed E-state index contributed by atoms with van der Waals surface area (Å²) in [4.78, 5) is 39.2. The Kier molecular flexibility index (Phi) is 4.22. The molecular weight excluding hydrogens is 244 g/mol. The molecule has 5 nitrogen and oxygen atoms in total. The van der Waals surface area contributed by atoms with E-state index in [2.05, 4.69) is 0 Å². The minimum Gasteiger partial charge on any atom is -0.340 e. The van der Waals surface area contributed by atoms with E-state index in [0.717, 1.165) is 12.8 Å². The van der Waals surface area contributed by atoms with E-state index in [1.807, 2.05) is 13.8 Å². The highest BCUT2D eigenvalue weighted by Crippen LogP contribution is 2.22. The molecule has 2 aliphatic heterocycles. The maximum Gasteiger partial charge on any atom is 0.245 e. The van der Waals surface area contributed by atoms with Crippen LogP contribution in [0.2, 0.25) is 0 Å². The van der Waals surface area contributed by atoms with Crippen LogP contribution in [0.1, 0.15) is 39.5 Å². The van der Waals surface area contributed by atoms with Crippen molar-refractivity contribution in [3.05, 3.63) is 0 Å². The molecule has 0 N–H and O–H groups in total. The van der Waals surface area contributed by atoms with Gasteiger partial charge in [-0.15, -0.1) is 0 Å². The van der Waals surface area contributed by atoms with Gasteiger partial charge in [0.15, 0.2) is 0 Å². The first-order chi connectivity index (χ1) is 9.00. The summed E-state index contributed by atoms with van der Waals surface area (Å²) < 4.78 is 0. The summed E-state index contributed by atoms with van der Waals surface area (Å²) in [6, 6.07) is -0.303. The molecule has 0 saturated carbocycles. The van der Waals surface area contributed by atoms with E-state index in [0.29, 0.717) is 32.5 Å². The Labute approximate surface area is 113 Å². The van der Waals surface area contributed by atoms with Gasteiger partial charge in [0.2, 0.25) is 11.8 Å². The first-order valence-electron chi connectivity index (χ1n) is 7.11. The summed E-state index contributed by atoms with van der Waals surface area (Å²) >= 11 is 0. The van der Waals surface area contributed by atoms with Crippen molar-refractivity contribution < 1.29 is 14.4 Å². The molecule has 2 fully saturated rings. The zero-order valence-electron chi connectivity index (χ0n) is 11.7. The van der Waals surface area contributed by atoms with Gasteiger partial charge >= 0.3 is 0 Å². The third-order valence-corrected chi connectivity index (χ3v) is 3.95. The number of piperidine rings is 1. The van der Waals surface area contributed by atoms with Crippen LogP contribution in [0, 0.1) is 5.92 Å². The van der Waals surface area contributed by atoms with E-state index in [-0.39, 0.29) is 29.6 Å². The monoisotopic (exact) mass is 266 g/mol. The highest BCUT2D eigenvalue weighted by Gasteiger charge is 2.37. The van der Waals surface area contributed by atoms with Gasteiger partial charge in [0.05, 0.1) is 0 Å². The van der Waals surface area contributed by atoms with Crippen LogP contribution in [0.5, 0.6) is 0 Å². The Balaban J connectivity index is 2.01. The lowest BCUT2D eigenvalue weighted by Gasteiger charge is -2.32. The van der Waals surface area contributed by atoms with Crippen molar-refractivity contribution in [2.24, 2.45) is 5.92 Å². The number of ketones is 1. The van der Waals surface area contributed by atoms with Gasteiger partial charge in [-0.05, 0) is 12.8 Å². The van der Waals surface area contributed by atoms with Crippen LogP contribution in [-0.4, -0.2) is 53.1 Å².